The monoisotopic (exact) mass is 390 g/mol. The fourth-order valence-corrected chi connectivity index (χ4v) is 4.44. The van der Waals surface area contributed by atoms with E-state index in [4.69, 9.17) is 23.8 Å². The number of benzene rings is 1. The number of hydrogen-bond acceptors (Lipinski definition) is 8. The zero-order chi connectivity index (χ0) is 19.3. The predicted molar refractivity (Wildman–Crippen MR) is 95.1 cm³/mol. The first kappa shape index (κ1) is 20.7. The Hall–Kier alpha value is -1.59. The van der Waals surface area contributed by atoms with Gasteiger partial charge in [0.2, 0.25) is 15.8 Å². The number of methoxy groups -OCH3 is 4. The summed E-state index contributed by atoms with van der Waals surface area (Å²) in [5, 5.41) is 0.730. The molecule has 9 nitrogen and oxygen atoms in total. The molecule has 1 aliphatic rings. The molecule has 148 valence electrons. The molecule has 26 heavy (non-hydrogen) atoms. The minimum absolute atomic E-state index is 0.0418. The van der Waals surface area contributed by atoms with Gasteiger partial charge in [-0.2, -0.15) is 5.06 Å². The lowest BCUT2D eigenvalue weighted by molar-refractivity contribution is -0.110. The molecule has 0 aromatic heterocycles. The fraction of sp³-hybridized carbons (Fsp3) is 0.625. The van der Waals surface area contributed by atoms with Crippen molar-refractivity contribution < 1.29 is 32.2 Å². The summed E-state index contributed by atoms with van der Waals surface area (Å²) < 4.78 is 48.9. The van der Waals surface area contributed by atoms with Crippen LogP contribution in [0.2, 0.25) is 0 Å². The molecule has 0 unspecified atom stereocenters. The molecule has 0 aliphatic carbocycles. The molecule has 2 rings (SSSR count). The van der Waals surface area contributed by atoms with Gasteiger partial charge in [0.1, 0.15) is 5.25 Å². The first-order valence-electron chi connectivity index (χ1n) is 8.02. The molecule has 0 radical (unpaired) electrons. The van der Waals surface area contributed by atoms with E-state index in [9.17, 15) is 8.42 Å². The third-order valence-corrected chi connectivity index (χ3v) is 6.02. The summed E-state index contributed by atoms with van der Waals surface area (Å²) >= 11 is 0. The average Bonchev–Trinajstić information content (AvgIpc) is 3.02. The van der Waals surface area contributed by atoms with Gasteiger partial charge in [0.15, 0.2) is 11.5 Å². The van der Waals surface area contributed by atoms with E-state index >= 15 is 0 Å². The maximum absolute atomic E-state index is 12.7. The largest absolute Gasteiger partial charge is 0.493 e. The summed E-state index contributed by atoms with van der Waals surface area (Å²) in [4.78, 5) is 5.50. The summed E-state index contributed by atoms with van der Waals surface area (Å²) in [6.07, 6.45) is 0. The van der Waals surface area contributed by atoms with Crippen LogP contribution in [0, 0.1) is 0 Å². The lowest BCUT2D eigenvalue weighted by Gasteiger charge is -2.24. The van der Waals surface area contributed by atoms with E-state index in [0.717, 1.165) is 0 Å². The fourth-order valence-electron chi connectivity index (χ4n) is 2.95. The minimum Gasteiger partial charge on any atom is -0.493 e. The van der Waals surface area contributed by atoms with Gasteiger partial charge in [0, 0.05) is 20.7 Å². The molecule has 1 aromatic carbocycles. The first-order valence-corrected chi connectivity index (χ1v) is 9.57. The topological polar surface area (TPSA) is 95.6 Å². The molecular formula is C16H26N2O7S. The van der Waals surface area contributed by atoms with Crippen LogP contribution in [0.15, 0.2) is 12.1 Å². The summed E-state index contributed by atoms with van der Waals surface area (Å²) in [5.41, 5.74) is 0.682. The third kappa shape index (κ3) is 4.21. The van der Waals surface area contributed by atoms with E-state index in [-0.39, 0.29) is 19.8 Å². The Labute approximate surface area is 154 Å². The highest BCUT2D eigenvalue weighted by atomic mass is 32.2. The minimum atomic E-state index is -3.63. The Morgan fingerprint density at radius 2 is 1.77 bits per heavy atom. The van der Waals surface area contributed by atoms with Crippen molar-refractivity contribution in [3.63, 3.8) is 0 Å². The standard InChI is InChI=1S/C16H26N2O7S/c1-18-15(14(10-25-18)26(19,20)17-6-7-21-2)11-8-12(22-3)16(24-5)13(9-11)23-4/h8-9,14-15,17H,6-7,10H2,1-5H3/t14-,15-/m1/s1. The van der Waals surface area contributed by atoms with Gasteiger partial charge in [0.05, 0.1) is 40.6 Å². The third-order valence-electron chi connectivity index (χ3n) is 4.22. The molecule has 1 saturated heterocycles. The number of nitrogens with one attached hydrogen (secondary N) is 1. The Morgan fingerprint density at radius 1 is 1.15 bits per heavy atom. The number of nitrogens with zero attached hydrogens (tertiary/aromatic N) is 1. The quantitative estimate of drug-likeness (QED) is 0.612. The van der Waals surface area contributed by atoms with Crippen molar-refractivity contribution in [1.82, 2.24) is 9.79 Å². The SMILES string of the molecule is COCCNS(=O)(=O)[C@@H]1CON(C)[C@@H]1c1cc(OC)c(OC)c(OC)c1. The van der Waals surface area contributed by atoms with Gasteiger partial charge < -0.3 is 18.9 Å². The van der Waals surface area contributed by atoms with E-state index < -0.39 is 21.3 Å². The van der Waals surface area contributed by atoms with Gasteiger partial charge >= 0.3 is 0 Å². The van der Waals surface area contributed by atoms with Crippen LogP contribution in [0.4, 0.5) is 0 Å². The molecule has 1 aromatic rings. The van der Waals surface area contributed by atoms with Crippen molar-refractivity contribution >= 4 is 10.0 Å². The summed E-state index contributed by atoms with van der Waals surface area (Å²) in [6.45, 7) is 0.526. The molecule has 0 amide bonds. The molecule has 1 fully saturated rings. The first-order chi connectivity index (χ1) is 12.4. The second-order valence-corrected chi connectivity index (χ2v) is 7.70. The zero-order valence-electron chi connectivity index (χ0n) is 15.6. The van der Waals surface area contributed by atoms with Crippen LogP contribution in [0.3, 0.4) is 0 Å². The van der Waals surface area contributed by atoms with Crippen LogP contribution in [0.1, 0.15) is 11.6 Å². The lowest BCUT2D eigenvalue weighted by Crippen LogP contribution is -2.40. The van der Waals surface area contributed by atoms with Crippen LogP contribution in [0.5, 0.6) is 17.2 Å². The average molecular weight is 390 g/mol. The van der Waals surface area contributed by atoms with E-state index in [1.807, 2.05) is 0 Å². The molecule has 10 heteroatoms. The number of rotatable bonds is 9. The Kier molecular flexibility index (Phi) is 7.07. The van der Waals surface area contributed by atoms with Crippen molar-refractivity contribution in [2.24, 2.45) is 0 Å². The number of ether oxygens (including phenoxy) is 4. The van der Waals surface area contributed by atoms with Crippen LogP contribution >= 0.6 is 0 Å². The van der Waals surface area contributed by atoms with Crippen LogP contribution in [-0.2, 0) is 19.6 Å². The second kappa shape index (κ2) is 8.87. The molecule has 0 saturated carbocycles. The van der Waals surface area contributed by atoms with E-state index in [2.05, 4.69) is 4.72 Å². The Balaban J connectivity index is 2.41. The molecule has 0 spiro atoms. The summed E-state index contributed by atoms with van der Waals surface area (Å²) in [5.74, 6) is 1.34. The maximum Gasteiger partial charge on any atom is 0.218 e. The van der Waals surface area contributed by atoms with Crippen molar-refractivity contribution in [2.45, 2.75) is 11.3 Å². The lowest BCUT2D eigenvalue weighted by atomic mass is 10.0. The van der Waals surface area contributed by atoms with Gasteiger partial charge in [0.25, 0.3) is 0 Å². The molecule has 1 N–H and O–H groups in total. The zero-order valence-corrected chi connectivity index (χ0v) is 16.5. The van der Waals surface area contributed by atoms with Crippen LogP contribution in [-0.4, -0.2) is 74.0 Å². The highest BCUT2D eigenvalue weighted by Crippen LogP contribution is 2.43. The summed E-state index contributed by atoms with van der Waals surface area (Å²) in [6, 6.07) is 2.92. The summed E-state index contributed by atoms with van der Waals surface area (Å²) in [7, 11) is 4.11. The molecule has 2 atom stereocenters. The maximum atomic E-state index is 12.7. The van der Waals surface area contributed by atoms with E-state index in [1.165, 1.54) is 33.5 Å². The molecule has 0 bridgehead atoms. The number of hydroxylamine groups is 2. The second-order valence-electron chi connectivity index (χ2n) is 5.72. The van der Waals surface area contributed by atoms with Crippen molar-refractivity contribution in [3.05, 3.63) is 17.7 Å². The van der Waals surface area contributed by atoms with Crippen molar-refractivity contribution in [3.8, 4) is 17.2 Å². The van der Waals surface area contributed by atoms with Crippen molar-refractivity contribution in [1.29, 1.82) is 0 Å². The molecule has 1 aliphatic heterocycles. The van der Waals surface area contributed by atoms with Crippen molar-refractivity contribution in [2.75, 3.05) is 55.2 Å². The van der Waals surface area contributed by atoms with Gasteiger partial charge in [-0.15, -0.1) is 0 Å². The smallest absolute Gasteiger partial charge is 0.218 e. The number of hydrogen-bond donors (Lipinski definition) is 1. The van der Waals surface area contributed by atoms with Gasteiger partial charge in [-0.3, -0.25) is 4.84 Å². The van der Waals surface area contributed by atoms with Gasteiger partial charge in [-0.05, 0) is 17.7 Å². The van der Waals surface area contributed by atoms with E-state index in [1.54, 1.807) is 19.2 Å². The van der Waals surface area contributed by atoms with E-state index in [0.29, 0.717) is 22.8 Å². The molecular weight excluding hydrogens is 364 g/mol. The predicted octanol–water partition coefficient (Wildman–Crippen LogP) is 0.565. The molecule has 1 heterocycles. The van der Waals surface area contributed by atoms with Gasteiger partial charge in [-0.25, -0.2) is 13.1 Å². The Bertz CT molecular complexity index is 686. The normalized spacial score (nSPS) is 21.0. The highest BCUT2D eigenvalue weighted by molar-refractivity contribution is 7.90. The number of sulfonamides is 1. The van der Waals surface area contributed by atoms with Crippen LogP contribution in [0.25, 0.3) is 0 Å². The van der Waals surface area contributed by atoms with Crippen LogP contribution < -0.4 is 18.9 Å². The Morgan fingerprint density at radius 3 is 2.27 bits per heavy atom. The van der Waals surface area contributed by atoms with Gasteiger partial charge in [-0.1, -0.05) is 0 Å². The highest BCUT2D eigenvalue weighted by Gasteiger charge is 2.43.